The summed E-state index contributed by atoms with van der Waals surface area (Å²) in [7, 11) is -3.55. The van der Waals surface area contributed by atoms with Crippen molar-refractivity contribution in [3.8, 4) is 0 Å². The maximum atomic E-state index is 13.4. The molecule has 1 fully saturated rings. The van der Waals surface area contributed by atoms with Gasteiger partial charge in [-0.15, -0.1) is 0 Å². The molecule has 0 aliphatic carbocycles. The molecule has 9 heteroatoms. The summed E-state index contributed by atoms with van der Waals surface area (Å²) in [5, 5.41) is 3.24. The molecule has 0 spiro atoms. The van der Waals surface area contributed by atoms with Gasteiger partial charge < -0.3 is 10.2 Å². The first-order chi connectivity index (χ1) is 15.6. The second-order valence-corrected chi connectivity index (χ2v) is 10.5. The predicted molar refractivity (Wildman–Crippen MR) is 131 cm³/mol. The molecule has 0 saturated carbocycles. The second kappa shape index (κ2) is 9.07. The molecular formula is C24H30N6O2S. The zero-order valence-corrected chi connectivity index (χ0v) is 20.6. The van der Waals surface area contributed by atoms with Crippen molar-refractivity contribution in [1.29, 1.82) is 0 Å². The van der Waals surface area contributed by atoms with Crippen molar-refractivity contribution >= 4 is 27.5 Å². The smallest absolute Gasteiger partial charge is 0.243 e. The SMILES string of the molecule is Cc1ccnc(Nc2cc(N3CCN(S(=O)(=O)c4c(C)cc(C)cc4C)CC3)nc(C)n2)c1. The Labute approximate surface area is 195 Å². The van der Waals surface area contributed by atoms with Gasteiger partial charge in [-0.2, -0.15) is 4.31 Å². The number of aromatic nitrogens is 3. The van der Waals surface area contributed by atoms with Crippen molar-refractivity contribution in [3.05, 3.63) is 64.6 Å². The van der Waals surface area contributed by atoms with Crippen LogP contribution in [0.5, 0.6) is 0 Å². The van der Waals surface area contributed by atoms with E-state index in [1.165, 1.54) is 0 Å². The van der Waals surface area contributed by atoms with Crippen molar-refractivity contribution < 1.29 is 8.42 Å². The summed E-state index contributed by atoms with van der Waals surface area (Å²) < 4.78 is 28.4. The van der Waals surface area contributed by atoms with Crippen LogP contribution >= 0.6 is 0 Å². The van der Waals surface area contributed by atoms with Crippen LogP contribution in [0.3, 0.4) is 0 Å². The third kappa shape index (κ3) is 4.99. The molecule has 174 valence electrons. The first kappa shape index (κ1) is 23.1. The lowest BCUT2D eigenvalue weighted by Crippen LogP contribution is -2.49. The van der Waals surface area contributed by atoms with E-state index in [2.05, 4.69) is 25.2 Å². The first-order valence-electron chi connectivity index (χ1n) is 11.0. The molecule has 0 radical (unpaired) electrons. The lowest BCUT2D eigenvalue weighted by Gasteiger charge is -2.35. The van der Waals surface area contributed by atoms with E-state index in [-0.39, 0.29) is 0 Å². The van der Waals surface area contributed by atoms with Crippen LogP contribution in [0.25, 0.3) is 0 Å². The molecule has 0 unspecified atom stereocenters. The van der Waals surface area contributed by atoms with Crippen LogP contribution in [0, 0.1) is 34.6 Å². The number of pyridine rings is 1. The van der Waals surface area contributed by atoms with E-state index >= 15 is 0 Å². The summed E-state index contributed by atoms with van der Waals surface area (Å²) in [4.78, 5) is 15.9. The molecule has 33 heavy (non-hydrogen) atoms. The fourth-order valence-corrected chi connectivity index (χ4v) is 6.21. The van der Waals surface area contributed by atoms with E-state index in [4.69, 9.17) is 0 Å². The molecule has 4 rings (SSSR count). The highest BCUT2D eigenvalue weighted by molar-refractivity contribution is 7.89. The number of rotatable bonds is 5. The molecule has 3 aromatic rings. The van der Waals surface area contributed by atoms with Crippen LogP contribution in [-0.4, -0.2) is 53.9 Å². The number of aryl methyl sites for hydroxylation is 5. The monoisotopic (exact) mass is 466 g/mol. The van der Waals surface area contributed by atoms with Gasteiger partial charge in [0.25, 0.3) is 0 Å². The van der Waals surface area contributed by atoms with Crippen molar-refractivity contribution in [1.82, 2.24) is 19.3 Å². The topological polar surface area (TPSA) is 91.3 Å². The van der Waals surface area contributed by atoms with Crippen LogP contribution in [-0.2, 0) is 10.0 Å². The Bertz CT molecular complexity index is 1260. The van der Waals surface area contributed by atoms with Crippen LogP contribution in [0.1, 0.15) is 28.1 Å². The summed E-state index contributed by atoms with van der Waals surface area (Å²) >= 11 is 0. The average Bonchev–Trinajstić information content (AvgIpc) is 2.72. The Hall–Kier alpha value is -3.04. The number of benzene rings is 1. The number of anilines is 3. The van der Waals surface area contributed by atoms with Crippen molar-refractivity contribution in [2.75, 3.05) is 36.4 Å². The van der Waals surface area contributed by atoms with Gasteiger partial charge in [0.05, 0.1) is 4.90 Å². The van der Waals surface area contributed by atoms with Gasteiger partial charge in [-0.25, -0.2) is 23.4 Å². The summed E-state index contributed by atoms with van der Waals surface area (Å²) in [5.74, 6) is 2.80. The van der Waals surface area contributed by atoms with Crippen LogP contribution in [0.4, 0.5) is 17.5 Å². The third-order valence-electron chi connectivity index (χ3n) is 5.76. The Balaban J connectivity index is 1.51. The molecule has 0 amide bonds. The van der Waals surface area contributed by atoms with Crippen molar-refractivity contribution in [2.24, 2.45) is 0 Å². The molecule has 3 heterocycles. The molecular weight excluding hydrogens is 436 g/mol. The fourth-order valence-electron chi connectivity index (χ4n) is 4.37. The van der Waals surface area contributed by atoms with Crippen molar-refractivity contribution in [3.63, 3.8) is 0 Å². The lowest BCUT2D eigenvalue weighted by atomic mass is 10.1. The summed E-state index contributed by atoms with van der Waals surface area (Å²) in [6.07, 6.45) is 1.75. The van der Waals surface area contributed by atoms with Crippen LogP contribution in [0.2, 0.25) is 0 Å². The van der Waals surface area contributed by atoms with Gasteiger partial charge in [0.15, 0.2) is 0 Å². The van der Waals surface area contributed by atoms with E-state index in [9.17, 15) is 8.42 Å². The van der Waals surface area contributed by atoms with Crippen molar-refractivity contribution in [2.45, 2.75) is 39.5 Å². The molecule has 1 aromatic carbocycles. The zero-order valence-electron chi connectivity index (χ0n) is 19.8. The molecule has 1 aliphatic rings. The highest BCUT2D eigenvalue weighted by Crippen LogP contribution is 2.27. The minimum absolute atomic E-state index is 0.403. The Morgan fingerprint density at radius 2 is 1.48 bits per heavy atom. The second-order valence-electron chi connectivity index (χ2n) is 8.62. The minimum atomic E-state index is -3.55. The molecule has 1 saturated heterocycles. The number of nitrogens with zero attached hydrogens (tertiary/aromatic N) is 5. The quantitative estimate of drug-likeness (QED) is 0.613. The van der Waals surface area contributed by atoms with Gasteiger partial charge >= 0.3 is 0 Å². The summed E-state index contributed by atoms with van der Waals surface area (Å²) in [6, 6.07) is 9.63. The summed E-state index contributed by atoms with van der Waals surface area (Å²) in [5.41, 5.74) is 3.76. The van der Waals surface area contributed by atoms with Crippen LogP contribution < -0.4 is 10.2 Å². The standard InChI is InChI=1S/C24H30N6O2S/c1-16-6-7-25-21(14-16)28-22-15-23(27-20(5)26-22)29-8-10-30(11-9-29)33(31,32)24-18(3)12-17(2)13-19(24)4/h6-7,12-15H,8-11H2,1-5H3,(H,25,26,27,28). The average molecular weight is 467 g/mol. The number of nitrogens with one attached hydrogen (secondary N) is 1. The maximum absolute atomic E-state index is 13.4. The first-order valence-corrected chi connectivity index (χ1v) is 12.5. The van der Waals surface area contributed by atoms with Gasteiger partial charge in [0, 0.05) is 38.4 Å². The summed E-state index contributed by atoms with van der Waals surface area (Å²) in [6.45, 7) is 11.5. The molecule has 2 aromatic heterocycles. The van der Waals surface area contributed by atoms with E-state index in [0.29, 0.717) is 42.7 Å². The zero-order chi connectivity index (χ0) is 23.8. The highest BCUT2D eigenvalue weighted by atomic mass is 32.2. The van der Waals surface area contributed by atoms with E-state index in [1.807, 2.05) is 65.0 Å². The van der Waals surface area contributed by atoms with E-state index < -0.39 is 10.0 Å². The molecule has 0 bridgehead atoms. The fraction of sp³-hybridized carbons (Fsp3) is 0.375. The number of hydrogen-bond acceptors (Lipinski definition) is 7. The highest BCUT2D eigenvalue weighted by Gasteiger charge is 2.31. The lowest BCUT2D eigenvalue weighted by molar-refractivity contribution is 0.383. The Morgan fingerprint density at radius 3 is 2.12 bits per heavy atom. The maximum Gasteiger partial charge on any atom is 0.243 e. The van der Waals surface area contributed by atoms with Crippen LogP contribution in [0.15, 0.2) is 41.4 Å². The number of hydrogen-bond donors (Lipinski definition) is 1. The number of sulfonamides is 1. The Morgan fingerprint density at radius 1 is 0.818 bits per heavy atom. The molecule has 0 atom stereocenters. The van der Waals surface area contributed by atoms with Gasteiger partial charge in [-0.1, -0.05) is 17.7 Å². The Kier molecular flexibility index (Phi) is 6.36. The molecule has 1 N–H and O–H groups in total. The van der Waals surface area contributed by atoms with Gasteiger partial charge in [-0.3, -0.25) is 0 Å². The molecule has 1 aliphatic heterocycles. The van der Waals surface area contributed by atoms with E-state index in [1.54, 1.807) is 10.5 Å². The van der Waals surface area contributed by atoms with Gasteiger partial charge in [0.2, 0.25) is 10.0 Å². The van der Waals surface area contributed by atoms with E-state index in [0.717, 1.165) is 33.9 Å². The van der Waals surface area contributed by atoms with Gasteiger partial charge in [0.1, 0.15) is 23.3 Å². The third-order valence-corrected chi connectivity index (χ3v) is 7.97. The minimum Gasteiger partial charge on any atom is -0.354 e. The predicted octanol–water partition coefficient (Wildman–Crippen LogP) is 3.67. The normalized spacial score (nSPS) is 15.0. The molecule has 8 nitrogen and oxygen atoms in total. The number of piperazine rings is 1. The largest absolute Gasteiger partial charge is 0.354 e. The van der Waals surface area contributed by atoms with Gasteiger partial charge in [-0.05, 0) is 63.4 Å².